The van der Waals surface area contributed by atoms with Gasteiger partial charge in [0.05, 0.1) is 79.1 Å². The topological polar surface area (TPSA) is 234 Å². The lowest BCUT2D eigenvalue weighted by Crippen LogP contribution is -2.34. The van der Waals surface area contributed by atoms with E-state index < -0.39 is 6.36 Å². The molecule has 1 saturated heterocycles. The number of rotatable bonds is 20. The number of imidazole rings is 2. The number of anilines is 4. The number of benzene rings is 4. The third kappa shape index (κ3) is 11.3. The Bertz CT molecular complexity index is 3790. The molecule has 1 saturated carbocycles. The minimum Gasteiger partial charge on any atom is -0.491 e. The van der Waals surface area contributed by atoms with Crippen LogP contribution in [0.2, 0.25) is 0 Å². The molecule has 2 fully saturated rings. The van der Waals surface area contributed by atoms with E-state index in [1.807, 2.05) is 12.1 Å². The van der Waals surface area contributed by atoms with E-state index in [2.05, 4.69) is 126 Å². The van der Waals surface area contributed by atoms with Crippen LogP contribution in [-0.2, 0) is 17.8 Å². The second-order valence-corrected chi connectivity index (χ2v) is 20.2. The van der Waals surface area contributed by atoms with Crippen molar-refractivity contribution in [2.75, 3.05) is 65.3 Å². The number of ether oxygens (including phenoxy) is 4. The van der Waals surface area contributed by atoms with Crippen molar-refractivity contribution in [3.63, 3.8) is 0 Å². The number of nitrogens with zero attached hydrogens (tertiary/aromatic N) is 10. The van der Waals surface area contributed by atoms with Crippen LogP contribution in [0.5, 0.6) is 17.2 Å². The number of aromatic nitrogens is 12. The monoisotopic (exact) mass is 1090 g/mol. The summed E-state index contributed by atoms with van der Waals surface area (Å²) in [6.45, 7) is 5.19. The highest BCUT2D eigenvalue weighted by Gasteiger charge is 2.44. The lowest BCUT2D eigenvalue weighted by Gasteiger charge is -2.32. The van der Waals surface area contributed by atoms with Gasteiger partial charge < -0.3 is 39.5 Å². The van der Waals surface area contributed by atoms with Gasteiger partial charge in [-0.3, -0.25) is 20.0 Å². The number of H-pyrrole nitrogens is 4. The molecule has 7 heterocycles. The van der Waals surface area contributed by atoms with Crippen LogP contribution in [0.1, 0.15) is 41.9 Å². The number of methoxy groups -OCH3 is 3. The van der Waals surface area contributed by atoms with Crippen LogP contribution in [-0.4, -0.2) is 131 Å². The van der Waals surface area contributed by atoms with Crippen molar-refractivity contribution < 1.29 is 32.1 Å². The van der Waals surface area contributed by atoms with Gasteiger partial charge in [-0.05, 0) is 110 Å². The predicted molar refractivity (Wildman–Crippen MR) is 296 cm³/mol. The summed E-state index contributed by atoms with van der Waals surface area (Å²) < 4.78 is 59.4. The summed E-state index contributed by atoms with van der Waals surface area (Å²) in [6.07, 6.45) is 5.09. The lowest BCUT2D eigenvalue weighted by atomic mass is 9.89. The molecular formula is C57H57F3N16O4. The average molecular weight is 1090 g/mol. The molecule has 80 heavy (non-hydrogen) atoms. The Morgan fingerprint density at radius 3 is 1.89 bits per heavy atom. The maximum atomic E-state index is 12.9. The van der Waals surface area contributed by atoms with E-state index in [9.17, 15) is 13.2 Å². The number of hydrogen-bond acceptors (Lipinski definition) is 16. The number of alkyl halides is 3. The van der Waals surface area contributed by atoms with Crippen molar-refractivity contribution in [2.45, 2.75) is 44.6 Å². The number of likely N-dealkylation sites (N-methyl/N-ethyl adjacent to an activating group) is 1. The second-order valence-electron chi connectivity index (χ2n) is 20.2. The van der Waals surface area contributed by atoms with Crippen molar-refractivity contribution in [1.29, 1.82) is 0 Å². The Morgan fingerprint density at radius 2 is 1.29 bits per heavy atom. The van der Waals surface area contributed by atoms with Crippen LogP contribution in [0.3, 0.4) is 0 Å². The summed E-state index contributed by atoms with van der Waals surface area (Å²) in [4.78, 5) is 39.9. The highest BCUT2D eigenvalue weighted by Crippen LogP contribution is 2.54. The van der Waals surface area contributed by atoms with E-state index in [0.717, 1.165) is 73.2 Å². The first-order valence-electron chi connectivity index (χ1n) is 26.2. The van der Waals surface area contributed by atoms with Crippen LogP contribution in [0.15, 0.2) is 110 Å². The van der Waals surface area contributed by atoms with E-state index in [4.69, 9.17) is 29.2 Å². The van der Waals surface area contributed by atoms with E-state index >= 15 is 0 Å². The second kappa shape index (κ2) is 22.1. The van der Waals surface area contributed by atoms with Gasteiger partial charge in [0.2, 0.25) is 0 Å². The van der Waals surface area contributed by atoms with Gasteiger partial charge >= 0.3 is 6.36 Å². The van der Waals surface area contributed by atoms with Gasteiger partial charge in [0.1, 0.15) is 17.1 Å². The van der Waals surface area contributed by atoms with Gasteiger partial charge in [0.15, 0.2) is 46.4 Å². The minimum absolute atomic E-state index is 0.160. The molecule has 23 heteroatoms. The number of hydrogen-bond donors (Lipinski definition) is 6. The molecule has 6 aromatic heterocycles. The first kappa shape index (κ1) is 51.8. The minimum atomic E-state index is -4.84. The normalized spacial score (nSPS) is 15.9. The molecule has 2 aliphatic rings. The van der Waals surface area contributed by atoms with E-state index in [0.29, 0.717) is 87.5 Å². The van der Waals surface area contributed by atoms with Gasteiger partial charge in [-0.15, -0.1) is 13.2 Å². The van der Waals surface area contributed by atoms with Gasteiger partial charge in [-0.2, -0.15) is 10.2 Å². The fourth-order valence-electron chi connectivity index (χ4n) is 10.7. The molecule has 2 atom stereocenters. The third-order valence-electron chi connectivity index (χ3n) is 14.8. The number of fused-ring (bicyclic) bond motifs is 2. The van der Waals surface area contributed by atoms with Crippen molar-refractivity contribution in [2.24, 2.45) is 11.8 Å². The molecule has 20 nitrogen and oxygen atoms in total. The summed E-state index contributed by atoms with van der Waals surface area (Å²) in [5.41, 5.74) is 10.9. The molecule has 0 bridgehead atoms. The van der Waals surface area contributed by atoms with Crippen LogP contribution < -0.4 is 24.8 Å². The Kier molecular flexibility index (Phi) is 14.3. The van der Waals surface area contributed by atoms with Crippen LogP contribution >= 0.6 is 0 Å². The number of aromatic amines is 4. The maximum Gasteiger partial charge on any atom is 0.573 e. The van der Waals surface area contributed by atoms with Crippen molar-refractivity contribution in [1.82, 2.24) is 70.1 Å². The molecule has 10 aromatic rings. The SMILES string of the molecule is COCCN(C)Cc1ccc2nc(-c3[nH]ncc3Nc3nc(-c4ccc(C5CC5C5CCN(Cc6ccc7nc(-c8[nH]ncc8Nc8nc(-c9cccc(OC(F)(F)F)c9)ncc8OC)[nH]c7c6)CC5)cc4)ncc3OC)[nH]c2c1. The standard InChI is InChI=1S/C57H57F3N16O4/c1-75(20-21-77-2)30-32-8-14-41-43(22-32)67-55(65-41)49-45(26-63-73-49)69-53-47(78-3)28-61-51(71-53)36-12-10-34(11-13-36)39-25-40(39)35-16-18-76(19-17-35)31-33-9-15-42-44(23-33)68-56(66-42)50-46(27-64-74-50)70-54-48(79-4)29-62-52(72-54)37-6-5-7-38(24-37)80-57(58,59)60/h5-15,22-24,26-29,35,39-40H,16-21,25,30-31H2,1-4H3,(H,63,73)(H,64,74)(H,65,67)(H,66,68)(H,61,69,71)(H,62,70,72). The fraction of sp³-hybridized carbons (Fsp3) is 0.298. The first-order chi connectivity index (χ1) is 38.9. The average Bonchev–Trinajstić information content (AvgIpc) is 4.01. The molecule has 0 radical (unpaired) electrons. The zero-order chi connectivity index (χ0) is 54.9. The summed E-state index contributed by atoms with van der Waals surface area (Å²) in [7, 11) is 6.86. The van der Waals surface area contributed by atoms with Gasteiger partial charge in [0, 0.05) is 37.9 Å². The molecular weight excluding hydrogens is 1030 g/mol. The van der Waals surface area contributed by atoms with Crippen molar-refractivity contribution >= 4 is 45.1 Å². The smallest absolute Gasteiger partial charge is 0.491 e. The van der Waals surface area contributed by atoms with Gasteiger partial charge in [-0.1, -0.05) is 48.5 Å². The maximum absolute atomic E-state index is 12.9. The molecule has 1 aliphatic carbocycles. The van der Waals surface area contributed by atoms with Gasteiger partial charge in [0.25, 0.3) is 0 Å². The van der Waals surface area contributed by atoms with Crippen LogP contribution in [0.4, 0.5) is 36.2 Å². The largest absolute Gasteiger partial charge is 0.573 e. The molecule has 12 rings (SSSR count). The Balaban J connectivity index is 0.650. The molecule has 0 amide bonds. The van der Waals surface area contributed by atoms with Crippen LogP contribution in [0.25, 0.3) is 67.9 Å². The number of halogens is 3. The van der Waals surface area contributed by atoms with E-state index in [1.165, 1.54) is 54.6 Å². The van der Waals surface area contributed by atoms with Crippen LogP contribution in [0, 0.1) is 11.8 Å². The van der Waals surface area contributed by atoms with Crippen molar-refractivity contribution in [3.8, 4) is 63.1 Å². The van der Waals surface area contributed by atoms with E-state index in [-0.39, 0.29) is 17.4 Å². The quantitative estimate of drug-likeness (QED) is 0.0416. The summed E-state index contributed by atoms with van der Waals surface area (Å²) in [5, 5.41) is 21.4. The molecule has 410 valence electrons. The number of nitrogens with one attached hydrogen (secondary N) is 6. The third-order valence-corrected chi connectivity index (χ3v) is 14.8. The molecule has 6 N–H and O–H groups in total. The Morgan fingerprint density at radius 1 is 0.688 bits per heavy atom. The van der Waals surface area contributed by atoms with Crippen molar-refractivity contribution in [3.05, 3.63) is 126 Å². The zero-order valence-electron chi connectivity index (χ0n) is 44.2. The number of piperidine rings is 1. The molecule has 4 aromatic carbocycles. The highest BCUT2D eigenvalue weighted by atomic mass is 19.4. The lowest BCUT2D eigenvalue weighted by molar-refractivity contribution is -0.274. The highest BCUT2D eigenvalue weighted by molar-refractivity contribution is 5.85. The Labute approximate surface area is 456 Å². The Hall–Kier alpha value is -8.93. The molecule has 0 spiro atoms. The zero-order valence-corrected chi connectivity index (χ0v) is 44.2. The fourth-order valence-corrected chi connectivity index (χ4v) is 10.7. The molecule has 1 aliphatic heterocycles. The summed E-state index contributed by atoms with van der Waals surface area (Å²) >= 11 is 0. The van der Waals surface area contributed by atoms with Gasteiger partial charge in [-0.25, -0.2) is 29.9 Å². The molecule has 2 unspecified atom stereocenters. The summed E-state index contributed by atoms with van der Waals surface area (Å²) in [5.74, 6) is 5.03. The van der Waals surface area contributed by atoms with E-state index in [1.54, 1.807) is 38.9 Å². The predicted octanol–water partition coefficient (Wildman–Crippen LogP) is 10.6. The summed E-state index contributed by atoms with van der Waals surface area (Å²) in [6, 6.07) is 26.7. The number of likely N-dealkylation sites (tertiary alicyclic amines) is 1. The first-order valence-corrected chi connectivity index (χ1v) is 26.2.